The Morgan fingerprint density at radius 2 is 1.40 bits per heavy atom. The third-order valence-electron chi connectivity index (χ3n) is 6.85. The number of anilines is 1. The zero-order valence-corrected chi connectivity index (χ0v) is 20.0. The summed E-state index contributed by atoms with van der Waals surface area (Å²) in [6.45, 7) is 0. The average Bonchev–Trinajstić information content (AvgIpc) is 3.40. The molecule has 6 nitrogen and oxygen atoms in total. The van der Waals surface area contributed by atoms with Crippen LogP contribution in [0.4, 0.5) is 5.69 Å². The van der Waals surface area contributed by atoms with Gasteiger partial charge in [0.15, 0.2) is 0 Å². The molecule has 35 heavy (non-hydrogen) atoms. The molecule has 0 saturated carbocycles. The van der Waals surface area contributed by atoms with E-state index in [9.17, 15) is 19.2 Å². The molecule has 174 valence electrons. The minimum absolute atomic E-state index is 0.0841. The lowest BCUT2D eigenvalue weighted by molar-refractivity contribution is -0.127. The van der Waals surface area contributed by atoms with Gasteiger partial charge in [-0.05, 0) is 35.9 Å². The maximum atomic E-state index is 13.9. The minimum atomic E-state index is -2.16. The number of Topliss-reactive ketones (excluding diaryl/α,β-unsaturated/α-hetero) is 2. The lowest BCUT2D eigenvalue weighted by Crippen LogP contribution is -2.51. The molecule has 0 unspecified atom stereocenters. The van der Waals surface area contributed by atoms with Gasteiger partial charge in [0.2, 0.25) is 29.0 Å². The van der Waals surface area contributed by atoms with Gasteiger partial charge < -0.3 is 4.74 Å². The first-order valence-electron chi connectivity index (χ1n) is 10.7. The first-order chi connectivity index (χ1) is 16.8. The molecule has 0 radical (unpaired) electrons. The van der Waals surface area contributed by atoms with Gasteiger partial charge >= 0.3 is 0 Å². The van der Waals surface area contributed by atoms with E-state index in [-0.39, 0.29) is 21.8 Å². The lowest BCUT2D eigenvalue weighted by atomic mass is 9.77. The van der Waals surface area contributed by atoms with Gasteiger partial charge in [0.25, 0.3) is 0 Å². The van der Waals surface area contributed by atoms with E-state index in [1.807, 2.05) is 0 Å². The molecule has 0 aromatic heterocycles. The predicted molar refractivity (Wildman–Crippen MR) is 129 cm³/mol. The first-order valence-corrected chi connectivity index (χ1v) is 11.8. The molecule has 9 heteroatoms. The topological polar surface area (TPSA) is 80.8 Å². The van der Waals surface area contributed by atoms with E-state index in [0.29, 0.717) is 15.6 Å². The molecule has 3 aromatic carbocycles. The van der Waals surface area contributed by atoms with E-state index >= 15 is 0 Å². The van der Waals surface area contributed by atoms with Gasteiger partial charge in [0.1, 0.15) is 0 Å². The summed E-state index contributed by atoms with van der Waals surface area (Å²) in [5.41, 5.74) is -1.25. The van der Waals surface area contributed by atoms with Gasteiger partial charge in [-0.25, -0.2) is 4.90 Å². The van der Waals surface area contributed by atoms with Crippen molar-refractivity contribution in [1.29, 1.82) is 0 Å². The number of ketones is 2. The third kappa shape index (κ3) is 2.94. The predicted octanol–water partition coefficient (Wildman–Crippen LogP) is 5.34. The van der Waals surface area contributed by atoms with E-state index in [4.69, 9.17) is 39.5 Å². The van der Waals surface area contributed by atoms with Crippen LogP contribution in [0.25, 0.3) is 0 Å². The second kappa shape index (κ2) is 7.73. The van der Waals surface area contributed by atoms with Crippen LogP contribution >= 0.6 is 34.8 Å². The van der Waals surface area contributed by atoms with Gasteiger partial charge in [-0.15, -0.1) is 0 Å². The Hall–Kier alpha value is -3.03. The summed E-state index contributed by atoms with van der Waals surface area (Å²) < 4.78 is 6.22. The number of nitrogens with zero attached hydrogens (tertiary/aromatic N) is 1. The maximum Gasteiger partial charge on any atom is 0.241 e. The minimum Gasteiger partial charge on any atom is -0.349 e. The van der Waals surface area contributed by atoms with Crippen LogP contribution < -0.4 is 4.90 Å². The van der Waals surface area contributed by atoms with E-state index in [0.717, 1.165) is 4.90 Å². The third-order valence-corrected chi connectivity index (χ3v) is 7.62. The van der Waals surface area contributed by atoms with Crippen molar-refractivity contribution < 1.29 is 23.9 Å². The van der Waals surface area contributed by atoms with E-state index in [1.54, 1.807) is 36.4 Å². The molecule has 0 bridgehead atoms. The molecule has 3 aromatic rings. The van der Waals surface area contributed by atoms with Crippen LogP contribution in [0.1, 0.15) is 32.4 Å². The fraction of sp³-hybridized carbons (Fsp3) is 0.154. The van der Waals surface area contributed by atoms with Gasteiger partial charge in [-0.1, -0.05) is 71.2 Å². The van der Waals surface area contributed by atoms with Crippen molar-refractivity contribution in [2.24, 2.45) is 11.8 Å². The second-order valence-corrected chi connectivity index (χ2v) is 9.92. The van der Waals surface area contributed by atoms with Gasteiger partial charge in [-0.2, -0.15) is 0 Å². The van der Waals surface area contributed by atoms with Crippen molar-refractivity contribution in [3.63, 3.8) is 0 Å². The summed E-state index contributed by atoms with van der Waals surface area (Å²) in [6, 6.07) is 17.3. The highest BCUT2D eigenvalue weighted by Crippen LogP contribution is 2.58. The van der Waals surface area contributed by atoms with Crippen LogP contribution in [0, 0.1) is 11.8 Å². The number of amides is 2. The summed E-state index contributed by atoms with van der Waals surface area (Å²) in [7, 11) is 0. The largest absolute Gasteiger partial charge is 0.349 e. The highest BCUT2D eigenvalue weighted by molar-refractivity contribution is 6.40. The Morgan fingerprint density at radius 1 is 0.743 bits per heavy atom. The molecule has 6 rings (SSSR count). The summed E-state index contributed by atoms with van der Waals surface area (Å²) in [4.78, 5) is 56.1. The van der Waals surface area contributed by atoms with Crippen molar-refractivity contribution in [2.75, 3.05) is 4.90 Å². The number of imide groups is 1. The van der Waals surface area contributed by atoms with Crippen molar-refractivity contribution in [1.82, 2.24) is 0 Å². The molecule has 2 amide bonds. The molecule has 2 heterocycles. The van der Waals surface area contributed by atoms with Crippen LogP contribution in [0.15, 0.2) is 66.7 Å². The molecule has 3 aliphatic rings. The number of carbonyl (C=O) groups is 4. The van der Waals surface area contributed by atoms with Crippen LogP contribution in [0.2, 0.25) is 15.1 Å². The Balaban J connectivity index is 1.56. The Kier molecular flexibility index (Phi) is 4.96. The molecule has 2 fully saturated rings. The van der Waals surface area contributed by atoms with Crippen LogP contribution in [0.3, 0.4) is 0 Å². The summed E-state index contributed by atoms with van der Waals surface area (Å²) in [6.07, 6.45) is -1.06. The average molecular weight is 527 g/mol. The number of halogens is 3. The number of carbonyl (C=O) groups excluding carboxylic acids is 4. The second-order valence-electron chi connectivity index (χ2n) is 8.64. The van der Waals surface area contributed by atoms with Gasteiger partial charge in [-0.3, -0.25) is 19.2 Å². The highest BCUT2D eigenvalue weighted by Gasteiger charge is 2.74. The standard InChI is InChI=1S/C26H14Cl3NO5/c27-13-5-3-4-12(10-13)21-19-20(25(34)30(24(19)33)18-9-8-14(28)11-17(18)29)26(35-21)22(31)15-6-1-2-7-16(15)23(26)32/h1-11,19-21H/t19-,20-,21-/m0/s1. The summed E-state index contributed by atoms with van der Waals surface area (Å²) >= 11 is 18.5. The molecule has 0 N–H and O–H groups in total. The van der Waals surface area contributed by atoms with E-state index < -0.39 is 46.9 Å². The van der Waals surface area contributed by atoms with Gasteiger partial charge in [0, 0.05) is 21.2 Å². The fourth-order valence-corrected chi connectivity index (χ4v) is 6.09. The number of rotatable bonds is 2. The van der Waals surface area contributed by atoms with Crippen molar-refractivity contribution >= 4 is 63.9 Å². The monoisotopic (exact) mass is 525 g/mol. The van der Waals surface area contributed by atoms with Crippen LogP contribution in [0.5, 0.6) is 0 Å². The van der Waals surface area contributed by atoms with Gasteiger partial charge in [0.05, 0.1) is 28.6 Å². The number of hydrogen-bond acceptors (Lipinski definition) is 5. The van der Waals surface area contributed by atoms with Crippen molar-refractivity contribution in [3.8, 4) is 0 Å². The summed E-state index contributed by atoms with van der Waals surface area (Å²) in [5, 5.41) is 0.789. The zero-order chi connectivity index (χ0) is 24.6. The Bertz CT molecular complexity index is 1450. The highest BCUT2D eigenvalue weighted by atomic mass is 35.5. The smallest absolute Gasteiger partial charge is 0.241 e. The summed E-state index contributed by atoms with van der Waals surface area (Å²) in [5.74, 6) is -5.15. The zero-order valence-electron chi connectivity index (χ0n) is 17.7. The molecule has 2 saturated heterocycles. The first kappa shape index (κ1) is 22.4. The van der Waals surface area contributed by atoms with E-state index in [1.165, 1.54) is 30.3 Å². The number of benzene rings is 3. The molecule has 3 atom stereocenters. The Morgan fingerprint density at radius 3 is 2.03 bits per heavy atom. The Labute approximate surface area is 214 Å². The van der Waals surface area contributed by atoms with Crippen molar-refractivity contribution in [3.05, 3.63) is 98.5 Å². The molecular formula is C26H14Cl3NO5. The van der Waals surface area contributed by atoms with E-state index in [2.05, 4.69) is 0 Å². The number of fused-ring (bicyclic) bond motifs is 3. The molecular weight excluding hydrogens is 513 g/mol. The van der Waals surface area contributed by atoms with Crippen LogP contribution in [-0.4, -0.2) is 29.0 Å². The van der Waals surface area contributed by atoms with Crippen molar-refractivity contribution in [2.45, 2.75) is 11.7 Å². The molecule has 1 aliphatic carbocycles. The quantitative estimate of drug-likeness (QED) is 0.333. The molecule has 1 spiro atoms. The number of hydrogen-bond donors (Lipinski definition) is 0. The van der Waals surface area contributed by atoms with Crippen LogP contribution in [-0.2, 0) is 14.3 Å². The number of ether oxygens (including phenoxy) is 1. The maximum absolute atomic E-state index is 13.9. The lowest BCUT2D eigenvalue weighted by Gasteiger charge is -2.27. The fourth-order valence-electron chi connectivity index (χ4n) is 5.40. The SMILES string of the molecule is O=C1[C@H]2[C@@H](C(=O)N1c1ccc(Cl)cc1Cl)C1(O[C@H]2c2cccc(Cl)c2)C(=O)c2ccccc2C1=O. The molecule has 2 aliphatic heterocycles. The normalized spacial score (nSPS) is 24.4.